The number of amides is 1. The highest BCUT2D eigenvalue weighted by Crippen LogP contribution is 2.23. The number of hydrogen-bond acceptors (Lipinski definition) is 6. The Morgan fingerprint density at radius 1 is 1.50 bits per heavy atom. The largest absolute Gasteiger partial charge is 0.476 e. The van der Waals surface area contributed by atoms with E-state index < -0.39 is 5.97 Å². The van der Waals surface area contributed by atoms with E-state index in [2.05, 4.69) is 10.3 Å². The average Bonchev–Trinajstić information content (AvgIpc) is 3.07. The number of aromatic nitrogens is 1. The summed E-state index contributed by atoms with van der Waals surface area (Å²) in [7, 11) is 0. The van der Waals surface area contributed by atoms with Gasteiger partial charge in [-0.15, -0.1) is 34.4 Å². The second-order valence-electron chi connectivity index (χ2n) is 3.89. The van der Waals surface area contributed by atoms with Crippen LogP contribution in [0.4, 0.5) is 0 Å². The molecule has 2 aromatic rings. The summed E-state index contributed by atoms with van der Waals surface area (Å²) >= 11 is 4.30. The standard InChI is InChI=1S/C12H12N2O3S3/c1-7(11-14-8(5-20-11)12(16)17)13-9(15)6-19-10-3-2-4-18-10/h2-5,7H,6H2,1H3,(H,13,15)(H,16,17). The molecule has 2 aromatic heterocycles. The first kappa shape index (κ1) is 15.0. The van der Waals surface area contributed by atoms with Gasteiger partial charge in [0.1, 0.15) is 5.01 Å². The Kier molecular flexibility index (Phi) is 5.16. The molecule has 0 radical (unpaired) electrons. The molecule has 0 aliphatic rings. The minimum absolute atomic E-state index is 0.0130. The van der Waals surface area contributed by atoms with Crippen LogP contribution in [0.1, 0.15) is 28.5 Å². The lowest BCUT2D eigenvalue weighted by Crippen LogP contribution is -2.28. The third kappa shape index (κ3) is 4.06. The van der Waals surface area contributed by atoms with E-state index in [1.165, 1.54) is 28.5 Å². The Hall–Kier alpha value is -1.38. The van der Waals surface area contributed by atoms with E-state index in [-0.39, 0.29) is 17.6 Å². The fraction of sp³-hybridized carbons (Fsp3) is 0.250. The number of thiazole rings is 1. The summed E-state index contributed by atoms with van der Waals surface area (Å²) in [4.78, 5) is 26.5. The minimum atomic E-state index is -1.06. The maximum absolute atomic E-state index is 11.8. The van der Waals surface area contributed by atoms with Crippen LogP contribution in [0.25, 0.3) is 0 Å². The van der Waals surface area contributed by atoms with Crippen molar-refractivity contribution in [2.24, 2.45) is 0 Å². The van der Waals surface area contributed by atoms with Crippen molar-refractivity contribution < 1.29 is 14.7 Å². The number of thiophene rings is 1. The van der Waals surface area contributed by atoms with Gasteiger partial charge in [0, 0.05) is 5.38 Å². The summed E-state index contributed by atoms with van der Waals surface area (Å²) in [6.45, 7) is 1.79. The summed E-state index contributed by atoms with van der Waals surface area (Å²) in [5.74, 6) is -0.815. The Balaban J connectivity index is 1.85. The molecule has 0 bridgehead atoms. The van der Waals surface area contributed by atoms with Crippen molar-refractivity contribution in [3.8, 4) is 0 Å². The van der Waals surface area contributed by atoms with Gasteiger partial charge in [0.05, 0.1) is 16.0 Å². The molecule has 5 nitrogen and oxygen atoms in total. The quantitative estimate of drug-likeness (QED) is 0.797. The fourth-order valence-electron chi connectivity index (χ4n) is 1.41. The van der Waals surface area contributed by atoms with Gasteiger partial charge in [-0.05, 0) is 18.4 Å². The van der Waals surface area contributed by atoms with E-state index in [4.69, 9.17) is 5.11 Å². The van der Waals surface area contributed by atoms with Gasteiger partial charge >= 0.3 is 5.97 Å². The second kappa shape index (κ2) is 6.87. The summed E-state index contributed by atoms with van der Waals surface area (Å²) in [6, 6.07) is 3.62. The van der Waals surface area contributed by atoms with Crippen molar-refractivity contribution in [2.75, 3.05) is 5.75 Å². The first-order chi connectivity index (χ1) is 9.56. The predicted molar refractivity (Wildman–Crippen MR) is 80.7 cm³/mol. The number of nitrogens with one attached hydrogen (secondary N) is 1. The van der Waals surface area contributed by atoms with E-state index in [0.29, 0.717) is 10.8 Å². The third-order valence-electron chi connectivity index (χ3n) is 2.33. The van der Waals surface area contributed by atoms with Crippen LogP contribution < -0.4 is 5.32 Å². The maximum atomic E-state index is 11.8. The normalized spacial score (nSPS) is 12.1. The van der Waals surface area contributed by atoms with Gasteiger partial charge in [0.25, 0.3) is 0 Å². The van der Waals surface area contributed by atoms with Gasteiger partial charge in [-0.2, -0.15) is 0 Å². The number of rotatable bonds is 6. The molecule has 2 N–H and O–H groups in total. The summed E-state index contributed by atoms with van der Waals surface area (Å²) < 4.78 is 1.09. The lowest BCUT2D eigenvalue weighted by Gasteiger charge is -2.10. The first-order valence-corrected chi connectivity index (χ1v) is 8.45. The van der Waals surface area contributed by atoms with Gasteiger partial charge in [-0.1, -0.05) is 6.07 Å². The molecule has 0 aliphatic heterocycles. The zero-order valence-electron chi connectivity index (χ0n) is 10.5. The van der Waals surface area contributed by atoms with Gasteiger partial charge < -0.3 is 10.4 Å². The number of hydrogen-bond donors (Lipinski definition) is 2. The molecule has 0 saturated carbocycles. The van der Waals surface area contributed by atoms with Crippen LogP contribution in [0.15, 0.2) is 27.1 Å². The van der Waals surface area contributed by atoms with Crippen molar-refractivity contribution in [1.29, 1.82) is 0 Å². The van der Waals surface area contributed by atoms with Crippen LogP contribution in [0, 0.1) is 0 Å². The average molecular weight is 328 g/mol. The molecule has 0 aromatic carbocycles. The molecule has 0 aliphatic carbocycles. The summed E-state index contributed by atoms with van der Waals surface area (Å²) in [5.41, 5.74) is 0.0130. The Labute approximate surface area is 128 Å². The number of aromatic carboxylic acids is 1. The molecule has 8 heteroatoms. The highest BCUT2D eigenvalue weighted by Gasteiger charge is 2.16. The van der Waals surface area contributed by atoms with Crippen LogP contribution in [-0.2, 0) is 4.79 Å². The SMILES string of the molecule is CC(NC(=O)CSc1cccs1)c1nc(C(=O)O)cs1. The number of carbonyl (C=O) groups excluding carboxylic acids is 1. The molecule has 2 heterocycles. The highest BCUT2D eigenvalue weighted by molar-refractivity contribution is 8.01. The Morgan fingerprint density at radius 2 is 2.30 bits per heavy atom. The minimum Gasteiger partial charge on any atom is -0.476 e. The molecule has 0 spiro atoms. The Morgan fingerprint density at radius 3 is 2.90 bits per heavy atom. The molecule has 106 valence electrons. The van der Waals surface area contributed by atoms with Crippen LogP contribution in [0.3, 0.4) is 0 Å². The van der Waals surface area contributed by atoms with Gasteiger partial charge in [-0.3, -0.25) is 4.79 Å². The lowest BCUT2D eigenvalue weighted by atomic mass is 10.3. The third-order valence-corrected chi connectivity index (χ3v) is 5.49. The van der Waals surface area contributed by atoms with E-state index in [1.54, 1.807) is 18.3 Å². The summed E-state index contributed by atoms with van der Waals surface area (Å²) in [6.07, 6.45) is 0. The van der Waals surface area contributed by atoms with E-state index in [1.807, 2.05) is 17.5 Å². The molecule has 1 unspecified atom stereocenters. The topological polar surface area (TPSA) is 79.3 Å². The van der Waals surface area contributed by atoms with Crippen LogP contribution in [-0.4, -0.2) is 27.7 Å². The molecular weight excluding hydrogens is 316 g/mol. The number of carboxylic acids is 1. The van der Waals surface area contributed by atoms with Gasteiger partial charge in [0.15, 0.2) is 5.69 Å². The molecule has 0 saturated heterocycles. The van der Waals surface area contributed by atoms with E-state index in [9.17, 15) is 9.59 Å². The van der Waals surface area contributed by atoms with Gasteiger partial charge in [0.2, 0.25) is 5.91 Å². The van der Waals surface area contributed by atoms with E-state index >= 15 is 0 Å². The number of carbonyl (C=O) groups is 2. The summed E-state index contributed by atoms with van der Waals surface area (Å²) in [5, 5.41) is 15.6. The molecular formula is C12H12N2O3S3. The van der Waals surface area contributed by atoms with Crippen molar-refractivity contribution in [3.63, 3.8) is 0 Å². The van der Waals surface area contributed by atoms with Crippen molar-refractivity contribution >= 4 is 46.3 Å². The highest BCUT2D eigenvalue weighted by atomic mass is 32.2. The lowest BCUT2D eigenvalue weighted by molar-refractivity contribution is -0.119. The molecule has 2 rings (SSSR count). The first-order valence-electron chi connectivity index (χ1n) is 5.70. The molecule has 0 fully saturated rings. The number of nitrogens with zero attached hydrogens (tertiary/aromatic N) is 1. The van der Waals surface area contributed by atoms with Crippen molar-refractivity contribution in [2.45, 2.75) is 17.2 Å². The molecule has 1 atom stereocenters. The van der Waals surface area contributed by atoms with Gasteiger partial charge in [-0.25, -0.2) is 9.78 Å². The fourth-order valence-corrected chi connectivity index (χ4v) is 3.81. The number of thioether (sulfide) groups is 1. The van der Waals surface area contributed by atoms with E-state index in [0.717, 1.165) is 4.21 Å². The Bertz CT molecular complexity index is 595. The number of carboxylic acid groups (broad SMARTS) is 1. The predicted octanol–water partition coefficient (Wildman–Crippen LogP) is 2.87. The van der Waals surface area contributed by atoms with Crippen molar-refractivity contribution in [1.82, 2.24) is 10.3 Å². The van der Waals surface area contributed by atoms with Crippen LogP contribution in [0.2, 0.25) is 0 Å². The zero-order valence-corrected chi connectivity index (χ0v) is 13.0. The van der Waals surface area contributed by atoms with Crippen molar-refractivity contribution in [3.05, 3.63) is 33.6 Å². The van der Waals surface area contributed by atoms with Crippen LogP contribution >= 0.6 is 34.4 Å². The second-order valence-corrected chi connectivity index (χ2v) is 7.00. The van der Waals surface area contributed by atoms with Crippen LogP contribution in [0.5, 0.6) is 0 Å². The zero-order chi connectivity index (χ0) is 14.5. The molecule has 1 amide bonds. The molecule has 20 heavy (non-hydrogen) atoms. The maximum Gasteiger partial charge on any atom is 0.355 e. The monoisotopic (exact) mass is 328 g/mol. The smallest absolute Gasteiger partial charge is 0.355 e.